The third-order valence-electron chi connectivity index (χ3n) is 2.58. The molecule has 0 amide bonds. The average Bonchev–Trinajstić information content (AvgIpc) is 2.85. The Balaban J connectivity index is 2.00. The van der Waals surface area contributed by atoms with Crippen molar-refractivity contribution in [3.8, 4) is 0 Å². The van der Waals surface area contributed by atoms with Gasteiger partial charge in [-0.15, -0.1) is 0 Å². The van der Waals surface area contributed by atoms with Gasteiger partial charge < -0.3 is 5.32 Å². The zero-order valence-corrected chi connectivity index (χ0v) is 10.6. The van der Waals surface area contributed by atoms with Crippen molar-refractivity contribution in [1.82, 2.24) is 24.9 Å². The second kappa shape index (κ2) is 5.04. The number of nitrogens with one attached hydrogen (secondary N) is 1. The quantitative estimate of drug-likeness (QED) is 0.917. The van der Waals surface area contributed by atoms with E-state index in [0.717, 1.165) is 5.56 Å². The molecule has 0 atom stereocenters. The summed E-state index contributed by atoms with van der Waals surface area (Å²) in [5.41, 5.74) is 0.215. The molecule has 0 radical (unpaired) electrons. The third-order valence-corrected chi connectivity index (χ3v) is 2.58. The van der Waals surface area contributed by atoms with Crippen LogP contribution in [0.4, 0.5) is 13.2 Å². The summed E-state index contributed by atoms with van der Waals surface area (Å²) in [6.07, 6.45) is 0.424. The van der Waals surface area contributed by atoms with E-state index in [1.165, 1.54) is 17.9 Å². The molecular weight excluding hydrogens is 259 g/mol. The summed E-state index contributed by atoms with van der Waals surface area (Å²) < 4.78 is 40.9. The number of halogens is 3. The summed E-state index contributed by atoms with van der Waals surface area (Å²) >= 11 is 0. The highest BCUT2D eigenvalue weighted by atomic mass is 19.4. The Morgan fingerprint density at radius 2 is 1.89 bits per heavy atom. The Bertz CT molecular complexity index is 555. The molecule has 104 valence electrons. The molecule has 19 heavy (non-hydrogen) atoms. The molecule has 2 rings (SSSR count). The number of alkyl halides is 3. The molecule has 1 N–H and O–H groups in total. The normalized spacial score (nSPS) is 12.1. The highest BCUT2D eigenvalue weighted by molar-refractivity contribution is 5.20. The van der Waals surface area contributed by atoms with Crippen LogP contribution in [0.2, 0.25) is 0 Å². The van der Waals surface area contributed by atoms with E-state index in [0.29, 0.717) is 6.54 Å². The van der Waals surface area contributed by atoms with Gasteiger partial charge in [0.25, 0.3) is 0 Å². The summed E-state index contributed by atoms with van der Waals surface area (Å²) in [6.45, 7) is 0.567. The maximum atomic E-state index is 12.7. The van der Waals surface area contributed by atoms with E-state index < -0.39 is 11.9 Å². The van der Waals surface area contributed by atoms with Crippen LogP contribution in [-0.4, -0.2) is 19.6 Å². The molecule has 2 heterocycles. The smallest absolute Gasteiger partial charge is 0.308 e. The first kappa shape index (κ1) is 13.6. The lowest BCUT2D eigenvalue weighted by Crippen LogP contribution is -2.16. The molecule has 2 aromatic rings. The molecule has 5 nitrogen and oxygen atoms in total. The maximum Gasteiger partial charge on any atom is 0.435 e. The zero-order valence-electron chi connectivity index (χ0n) is 10.6. The zero-order chi connectivity index (χ0) is 14.0. The van der Waals surface area contributed by atoms with Crippen LogP contribution in [0.3, 0.4) is 0 Å². The predicted octanol–water partition coefficient (Wildman–Crippen LogP) is 1.46. The third kappa shape index (κ3) is 3.34. The standard InChI is InChI=1S/C11H14F3N5/c1-18-6-8(4-16-18)3-15-5-9-7-19(2)17-10(9)11(12,13)14/h4,6-7,15H,3,5H2,1-2H3. The first-order chi connectivity index (χ1) is 8.86. The van der Waals surface area contributed by atoms with Gasteiger partial charge in [0.1, 0.15) is 0 Å². The van der Waals surface area contributed by atoms with Crippen molar-refractivity contribution >= 4 is 0 Å². The van der Waals surface area contributed by atoms with Gasteiger partial charge in [0.15, 0.2) is 5.69 Å². The fourth-order valence-corrected chi connectivity index (χ4v) is 1.81. The van der Waals surface area contributed by atoms with E-state index in [4.69, 9.17) is 0 Å². The van der Waals surface area contributed by atoms with Crippen molar-refractivity contribution in [3.05, 3.63) is 35.4 Å². The van der Waals surface area contributed by atoms with Crippen LogP contribution < -0.4 is 5.32 Å². The number of rotatable bonds is 4. The molecule has 0 spiro atoms. The summed E-state index contributed by atoms with van der Waals surface area (Å²) in [5.74, 6) is 0. The molecule has 0 bridgehead atoms. The van der Waals surface area contributed by atoms with Crippen LogP contribution in [0.5, 0.6) is 0 Å². The lowest BCUT2D eigenvalue weighted by Gasteiger charge is -2.06. The summed E-state index contributed by atoms with van der Waals surface area (Å²) in [7, 11) is 3.26. The lowest BCUT2D eigenvalue weighted by atomic mass is 10.2. The second-order valence-electron chi connectivity index (χ2n) is 4.30. The number of aryl methyl sites for hydroxylation is 2. The van der Waals surface area contributed by atoms with Gasteiger partial charge in [-0.3, -0.25) is 9.36 Å². The van der Waals surface area contributed by atoms with Crippen LogP contribution in [0.15, 0.2) is 18.6 Å². The topological polar surface area (TPSA) is 47.7 Å². The van der Waals surface area contributed by atoms with Crippen molar-refractivity contribution in [1.29, 1.82) is 0 Å². The summed E-state index contributed by atoms with van der Waals surface area (Å²) in [6, 6.07) is 0. The van der Waals surface area contributed by atoms with Crippen LogP contribution in [-0.2, 0) is 33.4 Å². The molecule has 2 aromatic heterocycles. The maximum absolute atomic E-state index is 12.7. The molecule has 0 unspecified atom stereocenters. The highest BCUT2D eigenvalue weighted by Gasteiger charge is 2.36. The molecule has 0 aliphatic heterocycles. The van der Waals surface area contributed by atoms with Gasteiger partial charge in [0.05, 0.1) is 6.20 Å². The van der Waals surface area contributed by atoms with E-state index in [2.05, 4.69) is 15.5 Å². The van der Waals surface area contributed by atoms with Gasteiger partial charge in [-0.25, -0.2) is 0 Å². The minimum atomic E-state index is -4.42. The molecular formula is C11H14F3N5. The highest BCUT2D eigenvalue weighted by Crippen LogP contribution is 2.30. The van der Waals surface area contributed by atoms with E-state index in [-0.39, 0.29) is 12.1 Å². The molecule has 0 saturated carbocycles. The fourth-order valence-electron chi connectivity index (χ4n) is 1.81. The molecule has 0 saturated heterocycles. The van der Waals surface area contributed by atoms with Crippen molar-refractivity contribution in [2.24, 2.45) is 14.1 Å². The number of nitrogens with zero attached hydrogens (tertiary/aromatic N) is 4. The second-order valence-corrected chi connectivity index (χ2v) is 4.30. The fraction of sp³-hybridized carbons (Fsp3) is 0.455. The van der Waals surface area contributed by atoms with E-state index in [1.807, 2.05) is 0 Å². The molecule has 0 aromatic carbocycles. The molecule has 0 fully saturated rings. The van der Waals surface area contributed by atoms with Crippen LogP contribution in [0.25, 0.3) is 0 Å². The van der Waals surface area contributed by atoms with Gasteiger partial charge in [-0.1, -0.05) is 0 Å². The van der Waals surface area contributed by atoms with Crippen LogP contribution in [0, 0.1) is 0 Å². The van der Waals surface area contributed by atoms with Crippen molar-refractivity contribution in [2.45, 2.75) is 19.3 Å². The minimum Gasteiger partial charge on any atom is -0.308 e. The average molecular weight is 273 g/mol. The Hall–Kier alpha value is -1.83. The van der Waals surface area contributed by atoms with Crippen LogP contribution in [0.1, 0.15) is 16.8 Å². The molecule has 8 heteroatoms. The number of aromatic nitrogens is 4. The predicted molar refractivity (Wildman–Crippen MR) is 62.0 cm³/mol. The molecule has 0 aliphatic carbocycles. The van der Waals surface area contributed by atoms with Crippen molar-refractivity contribution < 1.29 is 13.2 Å². The van der Waals surface area contributed by atoms with Gasteiger partial charge >= 0.3 is 6.18 Å². The Labute approximate surface area is 108 Å². The Morgan fingerprint density at radius 3 is 2.47 bits per heavy atom. The molecule has 0 aliphatic rings. The summed E-state index contributed by atoms with van der Waals surface area (Å²) in [5, 5.41) is 10.4. The SMILES string of the molecule is Cn1cc(CNCc2cn(C)nc2C(F)(F)F)cn1. The number of hydrogen-bond donors (Lipinski definition) is 1. The van der Waals surface area contributed by atoms with Crippen molar-refractivity contribution in [3.63, 3.8) is 0 Å². The van der Waals surface area contributed by atoms with Gasteiger partial charge in [-0.2, -0.15) is 23.4 Å². The monoisotopic (exact) mass is 273 g/mol. The van der Waals surface area contributed by atoms with Crippen molar-refractivity contribution in [2.75, 3.05) is 0 Å². The number of hydrogen-bond acceptors (Lipinski definition) is 3. The van der Waals surface area contributed by atoms with Crippen LogP contribution >= 0.6 is 0 Å². The Morgan fingerprint density at radius 1 is 1.16 bits per heavy atom. The van der Waals surface area contributed by atoms with Gasteiger partial charge in [-0.05, 0) is 0 Å². The lowest BCUT2D eigenvalue weighted by molar-refractivity contribution is -0.142. The minimum absolute atomic E-state index is 0.109. The largest absolute Gasteiger partial charge is 0.435 e. The van der Waals surface area contributed by atoms with E-state index in [9.17, 15) is 13.2 Å². The first-order valence-electron chi connectivity index (χ1n) is 5.64. The van der Waals surface area contributed by atoms with E-state index >= 15 is 0 Å². The van der Waals surface area contributed by atoms with E-state index in [1.54, 1.807) is 24.1 Å². The summed E-state index contributed by atoms with van der Waals surface area (Å²) in [4.78, 5) is 0. The van der Waals surface area contributed by atoms with Gasteiger partial charge in [0.2, 0.25) is 0 Å². The Kier molecular flexibility index (Phi) is 3.61. The first-order valence-corrected chi connectivity index (χ1v) is 5.64. The van der Waals surface area contributed by atoms with Gasteiger partial charge in [0, 0.05) is 50.7 Å².